The highest BCUT2D eigenvalue weighted by Gasteiger charge is 2.62. The van der Waals surface area contributed by atoms with E-state index in [0.717, 1.165) is 0 Å². The number of Topliss-reactive ketones (excluding diaryl/α,β-unsaturated/α-hetero) is 1. The van der Waals surface area contributed by atoms with E-state index in [1.165, 1.54) is 6.07 Å². The van der Waals surface area contributed by atoms with Gasteiger partial charge in [-0.2, -0.15) is 0 Å². The Morgan fingerprint density at radius 1 is 1.18 bits per heavy atom. The van der Waals surface area contributed by atoms with Crippen LogP contribution in [0.4, 0.5) is 8.78 Å². The Labute approximate surface area is 198 Å². The Morgan fingerprint density at radius 3 is 2.52 bits per heavy atom. The quantitative estimate of drug-likeness (QED) is 0.621. The minimum absolute atomic E-state index is 0.168. The lowest BCUT2D eigenvalue weighted by molar-refractivity contribution is -0.148. The van der Waals surface area contributed by atoms with Gasteiger partial charge in [0.15, 0.2) is 5.78 Å². The number of rotatable bonds is 8. The van der Waals surface area contributed by atoms with Gasteiger partial charge in [0.05, 0.1) is 6.61 Å². The van der Waals surface area contributed by atoms with E-state index < -0.39 is 69.8 Å². The Morgan fingerprint density at radius 2 is 1.91 bits per heavy atom. The van der Waals surface area contributed by atoms with Crippen LogP contribution in [-0.2, 0) is 26.0 Å². The van der Waals surface area contributed by atoms with Gasteiger partial charge in [0.2, 0.25) is 16.0 Å². The molecule has 33 heavy (non-hydrogen) atoms. The maximum absolute atomic E-state index is 15.8. The molecular weight excluding hydrogens is 448 g/mol. The maximum Gasteiger partial charge on any atom is 0.241 e. The van der Waals surface area contributed by atoms with E-state index >= 15 is 4.39 Å². The Bertz CT molecular complexity index is 1310. The molecule has 5 rings (SSSR count). The van der Waals surface area contributed by atoms with Crippen molar-refractivity contribution in [3.63, 3.8) is 0 Å². The highest BCUT2D eigenvalue weighted by Crippen LogP contribution is 2.62. The third-order valence-corrected chi connectivity index (χ3v) is 7.82. The second-order valence-corrected chi connectivity index (χ2v) is 10.6. The molecule has 0 bridgehead atoms. The summed E-state index contributed by atoms with van der Waals surface area (Å²) in [4.78, 5) is 13.4. The molecule has 1 N–H and O–H groups in total. The molecule has 3 fully saturated rings. The fourth-order valence-corrected chi connectivity index (χ4v) is 5.90. The van der Waals surface area contributed by atoms with Gasteiger partial charge in [-0.25, -0.2) is 21.9 Å². The zero-order valence-electron chi connectivity index (χ0n) is 21.8. The van der Waals surface area contributed by atoms with Gasteiger partial charge in [-0.15, -0.1) is 0 Å². The number of hydrogen-bond donors (Lipinski definition) is 1. The maximum atomic E-state index is 15.8. The SMILES string of the molecule is [2H]C1([2H])C([2H])([2H])C12CC(C(=O)[C@H]1CCO1)[C@@H](Cc1cccc(-c3ccccc3)c1F)[C@H]2NS(=O)(=O)CF. The van der Waals surface area contributed by atoms with Crippen LogP contribution in [-0.4, -0.2) is 39.0 Å². The first-order chi connectivity index (χ1) is 17.4. The van der Waals surface area contributed by atoms with Gasteiger partial charge >= 0.3 is 0 Å². The van der Waals surface area contributed by atoms with E-state index in [0.29, 0.717) is 24.2 Å². The van der Waals surface area contributed by atoms with Crippen LogP contribution in [0.3, 0.4) is 0 Å². The Balaban J connectivity index is 1.60. The van der Waals surface area contributed by atoms with Gasteiger partial charge in [0.25, 0.3) is 0 Å². The molecular formula is C25H27F2NO4S. The van der Waals surface area contributed by atoms with Crippen LogP contribution in [0.15, 0.2) is 48.5 Å². The molecule has 1 aliphatic heterocycles. The lowest BCUT2D eigenvalue weighted by Gasteiger charge is -2.31. The standard InChI is InChI=1S/C25H27F2NO4S/c26-15-33(30,31)28-24-19(20(14-25(24)10-11-25)23(29)21-9-12-32-21)13-17-7-4-8-18(22(17)27)16-5-2-1-3-6-16/h1-8,19-21,24,28H,9-15H2/t19-,20?,21-,24-/m1/s1/i10D2,11D2. The monoisotopic (exact) mass is 479 g/mol. The second-order valence-electron chi connectivity index (χ2n) is 8.91. The minimum Gasteiger partial charge on any atom is -0.370 e. The number of hydrogen-bond acceptors (Lipinski definition) is 4. The summed E-state index contributed by atoms with van der Waals surface area (Å²) in [6.07, 6.45) is -5.77. The smallest absolute Gasteiger partial charge is 0.241 e. The first kappa shape index (κ1) is 18.2. The molecule has 4 atom stereocenters. The molecule has 176 valence electrons. The Kier molecular flexibility index (Phi) is 4.72. The fraction of sp³-hybridized carbons (Fsp3) is 0.480. The van der Waals surface area contributed by atoms with Gasteiger partial charge in [0, 0.05) is 29.4 Å². The molecule has 1 saturated heterocycles. The van der Waals surface area contributed by atoms with Gasteiger partial charge in [0.1, 0.15) is 11.9 Å². The number of benzene rings is 2. The zero-order valence-corrected chi connectivity index (χ0v) is 18.6. The minimum atomic E-state index is -4.57. The average molecular weight is 480 g/mol. The summed E-state index contributed by atoms with van der Waals surface area (Å²) in [7, 11) is -4.57. The zero-order chi connectivity index (χ0) is 26.8. The highest BCUT2D eigenvalue weighted by molar-refractivity contribution is 7.89. The van der Waals surface area contributed by atoms with Gasteiger partial charge in [-0.3, -0.25) is 4.79 Å². The van der Waals surface area contributed by atoms with Crippen molar-refractivity contribution in [2.75, 3.05) is 12.6 Å². The first-order valence-electron chi connectivity index (χ1n) is 12.9. The van der Waals surface area contributed by atoms with Crippen LogP contribution in [0.1, 0.15) is 36.6 Å². The van der Waals surface area contributed by atoms with E-state index in [4.69, 9.17) is 10.2 Å². The van der Waals surface area contributed by atoms with Crippen LogP contribution in [0.25, 0.3) is 11.1 Å². The number of sulfonamides is 1. The number of alkyl halides is 1. The summed E-state index contributed by atoms with van der Waals surface area (Å²) >= 11 is 0. The van der Waals surface area contributed by atoms with E-state index in [1.54, 1.807) is 42.5 Å². The number of carbonyl (C=O) groups excluding carboxylic acids is 1. The number of nitrogens with one attached hydrogen (secondary N) is 1. The van der Waals surface area contributed by atoms with Crippen molar-refractivity contribution in [1.29, 1.82) is 0 Å². The summed E-state index contributed by atoms with van der Waals surface area (Å²) in [5.74, 6) is -3.00. The molecule has 2 aromatic rings. The van der Waals surface area contributed by atoms with Gasteiger partial charge in [-0.1, -0.05) is 48.5 Å². The molecule has 1 spiro atoms. The summed E-state index contributed by atoms with van der Waals surface area (Å²) in [5.41, 5.74) is -0.828. The number of ether oxygens (including phenoxy) is 1. The molecule has 5 nitrogen and oxygen atoms in total. The predicted molar refractivity (Wildman–Crippen MR) is 120 cm³/mol. The molecule has 2 aliphatic carbocycles. The van der Waals surface area contributed by atoms with E-state index in [2.05, 4.69) is 4.72 Å². The summed E-state index contributed by atoms with van der Waals surface area (Å²) in [6, 6.07) is 10.3. The molecule has 0 radical (unpaired) electrons. The molecule has 1 heterocycles. The van der Waals surface area contributed by atoms with Crippen molar-refractivity contribution in [2.45, 2.75) is 44.2 Å². The van der Waals surface area contributed by atoms with Crippen molar-refractivity contribution in [3.05, 3.63) is 59.9 Å². The van der Waals surface area contributed by atoms with Crippen molar-refractivity contribution in [3.8, 4) is 11.1 Å². The molecule has 8 heteroatoms. The first-order valence-corrected chi connectivity index (χ1v) is 12.6. The van der Waals surface area contributed by atoms with Crippen LogP contribution >= 0.6 is 0 Å². The third kappa shape index (κ3) is 4.24. The van der Waals surface area contributed by atoms with Crippen molar-refractivity contribution in [1.82, 2.24) is 4.72 Å². The number of halogens is 2. The van der Waals surface area contributed by atoms with Gasteiger partial charge in [-0.05, 0) is 48.0 Å². The largest absolute Gasteiger partial charge is 0.370 e. The molecule has 3 aliphatic rings. The molecule has 1 unspecified atom stereocenters. The summed E-state index contributed by atoms with van der Waals surface area (Å²) < 4.78 is 95.0. The van der Waals surface area contributed by atoms with Crippen molar-refractivity contribution in [2.24, 2.45) is 17.3 Å². The molecule has 2 saturated carbocycles. The van der Waals surface area contributed by atoms with Crippen molar-refractivity contribution < 1.29 is 32.2 Å². The van der Waals surface area contributed by atoms with Crippen LogP contribution in [0.2, 0.25) is 0 Å². The average Bonchev–Trinajstić information content (AvgIpc) is 3.04. The highest BCUT2D eigenvalue weighted by atomic mass is 32.2. The molecule has 0 aromatic heterocycles. The second kappa shape index (κ2) is 8.56. The normalized spacial score (nSPS) is 32.8. The van der Waals surface area contributed by atoms with Crippen LogP contribution < -0.4 is 4.72 Å². The predicted octanol–water partition coefficient (Wildman–Crippen LogP) is 4.02. The molecule has 0 amide bonds. The number of ketones is 1. The third-order valence-electron chi connectivity index (χ3n) is 6.92. The van der Waals surface area contributed by atoms with E-state index in [9.17, 15) is 17.6 Å². The molecule has 2 aromatic carbocycles. The lowest BCUT2D eigenvalue weighted by atomic mass is 9.82. The summed E-state index contributed by atoms with van der Waals surface area (Å²) in [5, 5.41) is 0. The lowest BCUT2D eigenvalue weighted by Crippen LogP contribution is -2.46. The summed E-state index contributed by atoms with van der Waals surface area (Å²) in [6.45, 7) is 0.367. The van der Waals surface area contributed by atoms with E-state index in [1.807, 2.05) is 0 Å². The number of carbonyl (C=O) groups is 1. The van der Waals surface area contributed by atoms with Crippen LogP contribution in [0.5, 0.6) is 0 Å². The van der Waals surface area contributed by atoms with Gasteiger partial charge < -0.3 is 4.74 Å². The van der Waals surface area contributed by atoms with Crippen LogP contribution in [0, 0.1) is 23.1 Å². The van der Waals surface area contributed by atoms with Crippen molar-refractivity contribution >= 4 is 15.8 Å². The topological polar surface area (TPSA) is 72.5 Å². The van der Waals surface area contributed by atoms with E-state index in [-0.39, 0.29) is 18.4 Å². The fourth-order valence-electron chi connectivity index (χ4n) is 5.08. The Hall–Kier alpha value is -2.16.